The van der Waals surface area contributed by atoms with Crippen LogP contribution in [0.2, 0.25) is 5.02 Å². The predicted octanol–water partition coefficient (Wildman–Crippen LogP) is 4.05. The molecule has 1 aromatic carbocycles. The maximum absolute atomic E-state index is 6.14. The predicted molar refractivity (Wildman–Crippen MR) is 78.6 cm³/mol. The minimum atomic E-state index is 0.101. The number of halogens is 1. The van der Waals surface area contributed by atoms with Crippen molar-refractivity contribution in [1.29, 1.82) is 0 Å². The number of rotatable bonds is 7. The summed E-state index contributed by atoms with van der Waals surface area (Å²) < 4.78 is 5.82. The van der Waals surface area contributed by atoms with E-state index in [9.17, 15) is 0 Å². The van der Waals surface area contributed by atoms with Crippen LogP contribution in [0.25, 0.3) is 0 Å². The Labute approximate surface area is 116 Å². The fraction of sp³-hybridized carbons (Fsp3) is 0.600. The van der Waals surface area contributed by atoms with Crippen molar-refractivity contribution in [1.82, 2.24) is 5.32 Å². The van der Waals surface area contributed by atoms with Crippen molar-refractivity contribution in [3.8, 4) is 5.75 Å². The smallest absolute Gasteiger partial charge is 0.137 e. The molecule has 3 heteroatoms. The molecule has 1 N–H and O–H groups in total. The Hall–Kier alpha value is -0.730. The van der Waals surface area contributed by atoms with Gasteiger partial charge in [-0.25, -0.2) is 0 Å². The number of hydrogen-bond acceptors (Lipinski definition) is 2. The SMILES string of the molecule is CCCNCC(C)(C)COc1ccc(C)cc1Cl. The minimum Gasteiger partial charge on any atom is -0.491 e. The van der Waals surface area contributed by atoms with E-state index in [1.807, 2.05) is 25.1 Å². The second-order valence-electron chi connectivity index (χ2n) is 5.56. The van der Waals surface area contributed by atoms with Crippen LogP contribution in [0.1, 0.15) is 32.8 Å². The van der Waals surface area contributed by atoms with Crippen LogP contribution in [-0.2, 0) is 0 Å². The number of ether oxygens (including phenoxy) is 1. The average Bonchev–Trinajstić information content (AvgIpc) is 2.28. The number of aryl methyl sites for hydroxylation is 1. The first-order valence-corrected chi connectivity index (χ1v) is 6.92. The lowest BCUT2D eigenvalue weighted by molar-refractivity contribution is 0.176. The molecule has 0 saturated heterocycles. The van der Waals surface area contributed by atoms with Gasteiger partial charge in [0, 0.05) is 12.0 Å². The summed E-state index contributed by atoms with van der Waals surface area (Å²) in [6, 6.07) is 5.88. The van der Waals surface area contributed by atoms with Crippen molar-refractivity contribution < 1.29 is 4.74 Å². The van der Waals surface area contributed by atoms with E-state index in [-0.39, 0.29) is 5.41 Å². The molecule has 0 aliphatic rings. The molecule has 0 spiro atoms. The maximum Gasteiger partial charge on any atom is 0.137 e. The molecule has 0 bridgehead atoms. The zero-order valence-electron chi connectivity index (χ0n) is 11.8. The summed E-state index contributed by atoms with van der Waals surface area (Å²) in [6.07, 6.45) is 1.15. The normalized spacial score (nSPS) is 11.6. The van der Waals surface area contributed by atoms with Crippen LogP contribution in [-0.4, -0.2) is 19.7 Å². The molecule has 0 saturated carbocycles. The van der Waals surface area contributed by atoms with Gasteiger partial charge in [0.25, 0.3) is 0 Å². The van der Waals surface area contributed by atoms with Crippen LogP contribution in [0, 0.1) is 12.3 Å². The van der Waals surface area contributed by atoms with E-state index in [0.717, 1.165) is 30.8 Å². The van der Waals surface area contributed by atoms with Gasteiger partial charge in [-0.1, -0.05) is 38.4 Å². The van der Waals surface area contributed by atoms with Gasteiger partial charge in [0.2, 0.25) is 0 Å². The van der Waals surface area contributed by atoms with Gasteiger partial charge < -0.3 is 10.1 Å². The van der Waals surface area contributed by atoms with Gasteiger partial charge in [0.15, 0.2) is 0 Å². The molecule has 0 amide bonds. The van der Waals surface area contributed by atoms with Crippen LogP contribution in [0.15, 0.2) is 18.2 Å². The first kappa shape index (κ1) is 15.3. The topological polar surface area (TPSA) is 21.3 Å². The van der Waals surface area contributed by atoms with E-state index in [1.165, 1.54) is 0 Å². The standard InChI is InChI=1S/C15H24ClNO/c1-5-8-17-10-15(3,4)11-18-14-7-6-12(2)9-13(14)16/h6-7,9,17H,5,8,10-11H2,1-4H3. The Morgan fingerprint density at radius 1 is 1.33 bits per heavy atom. The van der Waals surface area contributed by atoms with Crippen molar-refractivity contribution >= 4 is 11.6 Å². The van der Waals surface area contributed by atoms with Crippen LogP contribution in [0.4, 0.5) is 0 Å². The molecular weight excluding hydrogens is 246 g/mol. The summed E-state index contributed by atoms with van der Waals surface area (Å²) in [7, 11) is 0. The lowest BCUT2D eigenvalue weighted by atomic mass is 9.95. The summed E-state index contributed by atoms with van der Waals surface area (Å²) in [5.74, 6) is 0.769. The molecule has 1 aromatic rings. The Balaban J connectivity index is 2.48. The van der Waals surface area contributed by atoms with E-state index in [2.05, 4.69) is 26.1 Å². The maximum atomic E-state index is 6.14. The van der Waals surface area contributed by atoms with E-state index in [4.69, 9.17) is 16.3 Å². The zero-order valence-corrected chi connectivity index (χ0v) is 12.6. The molecule has 102 valence electrons. The third-order valence-corrected chi connectivity index (χ3v) is 3.03. The molecule has 0 fully saturated rings. The summed E-state index contributed by atoms with van der Waals surface area (Å²) in [6.45, 7) is 11.2. The van der Waals surface area contributed by atoms with Crippen LogP contribution < -0.4 is 10.1 Å². The van der Waals surface area contributed by atoms with Gasteiger partial charge in [-0.05, 0) is 37.6 Å². The molecule has 0 aliphatic heterocycles. The Bertz CT molecular complexity index is 377. The number of hydrogen-bond donors (Lipinski definition) is 1. The number of benzene rings is 1. The second kappa shape index (κ2) is 7.01. The summed E-state index contributed by atoms with van der Waals surface area (Å²) in [5.41, 5.74) is 1.25. The van der Waals surface area contributed by atoms with Crippen LogP contribution >= 0.6 is 11.6 Å². The van der Waals surface area contributed by atoms with E-state index in [1.54, 1.807) is 0 Å². The average molecular weight is 270 g/mol. The van der Waals surface area contributed by atoms with Crippen molar-refractivity contribution in [2.75, 3.05) is 19.7 Å². The highest BCUT2D eigenvalue weighted by atomic mass is 35.5. The van der Waals surface area contributed by atoms with E-state index >= 15 is 0 Å². The monoisotopic (exact) mass is 269 g/mol. The largest absolute Gasteiger partial charge is 0.491 e. The van der Waals surface area contributed by atoms with Gasteiger partial charge in [0.05, 0.1) is 11.6 Å². The third-order valence-electron chi connectivity index (χ3n) is 2.74. The van der Waals surface area contributed by atoms with Crippen molar-refractivity contribution in [2.24, 2.45) is 5.41 Å². The van der Waals surface area contributed by atoms with Crippen molar-refractivity contribution in [3.05, 3.63) is 28.8 Å². The summed E-state index contributed by atoms with van der Waals surface area (Å²) in [5, 5.41) is 4.11. The summed E-state index contributed by atoms with van der Waals surface area (Å²) in [4.78, 5) is 0. The fourth-order valence-corrected chi connectivity index (χ4v) is 1.94. The molecular formula is C15H24ClNO. The number of nitrogens with one attached hydrogen (secondary N) is 1. The second-order valence-corrected chi connectivity index (χ2v) is 5.97. The van der Waals surface area contributed by atoms with Gasteiger partial charge in [-0.2, -0.15) is 0 Å². The lowest BCUT2D eigenvalue weighted by Gasteiger charge is -2.25. The highest BCUT2D eigenvalue weighted by Gasteiger charge is 2.18. The zero-order chi connectivity index (χ0) is 13.6. The molecule has 0 radical (unpaired) electrons. The van der Waals surface area contributed by atoms with Gasteiger partial charge in [-0.15, -0.1) is 0 Å². The highest BCUT2D eigenvalue weighted by Crippen LogP contribution is 2.27. The first-order chi connectivity index (χ1) is 8.44. The highest BCUT2D eigenvalue weighted by molar-refractivity contribution is 6.32. The minimum absolute atomic E-state index is 0.101. The molecule has 0 atom stereocenters. The van der Waals surface area contributed by atoms with Crippen LogP contribution in [0.5, 0.6) is 5.75 Å². The molecule has 0 aliphatic carbocycles. The summed E-state index contributed by atoms with van der Waals surface area (Å²) >= 11 is 6.14. The van der Waals surface area contributed by atoms with Gasteiger partial charge in [0.1, 0.15) is 5.75 Å². The van der Waals surface area contributed by atoms with E-state index in [0.29, 0.717) is 11.6 Å². The Morgan fingerprint density at radius 3 is 2.67 bits per heavy atom. The molecule has 18 heavy (non-hydrogen) atoms. The van der Waals surface area contributed by atoms with Crippen LogP contribution in [0.3, 0.4) is 0 Å². The molecule has 0 heterocycles. The van der Waals surface area contributed by atoms with E-state index < -0.39 is 0 Å². The Morgan fingerprint density at radius 2 is 2.06 bits per heavy atom. The molecule has 0 unspecified atom stereocenters. The van der Waals surface area contributed by atoms with Crippen molar-refractivity contribution in [3.63, 3.8) is 0 Å². The first-order valence-electron chi connectivity index (χ1n) is 6.54. The Kier molecular flexibility index (Phi) is 5.97. The van der Waals surface area contributed by atoms with Gasteiger partial charge in [-0.3, -0.25) is 0 Å². The lowest BCUT2D eigenvalue weighted by Crippen LogP contribution is -2.34. The quantitative estimate of drug-likeness (QED) is 0.754. The third kappa shape index (κ3) is 5.28. The van der Waals surface area contributed by atoms with Gasteiger partial charge >= 0.3 is 0 Å². The molecule has 2 nitrogen and oxygen atoms in total. The van der Waals surface area contributed by atoms with Crippen molar-refractivity contribution in [2.45, 2.75) is 34.1 Å². The molecule has 1 rings (SSSR count). The fourth-order valence-electron chi connectivity index (χ4n) is 1.65. The molecule has 0 aromatic heterocycles.